The minimum atomic E-state index is -0.442. The summed E-state index contributed by atoms with van der Waals surface area (Å²) in [5.74, 6) is -0.313. The van der Waals surface area contributed by atoms with Crippen LogP contribution in [0.5, 0.6) is 5.75 Å². The molecule has 0 heterocycles. The first-order valence-corrected chi connectivity index (χ1v) is 7.37. The van der Waals surface area contributed by atoms with Crippen molar-refractivity contribution in [3.8, 4) is 5.75 Å². The number of halogens is 3. The monoisotopic (exact) mass is 354 g/mol. The average Bonchev–Trinajstić information content (AvgIpc) is 2.48. The van der Waals surface area contributed by atoms with Gasteiger partial charge < -0.3 is 4.74 Å². The average molecular weight is 355 g/mol. The minimum absolute atomic E-state index is 0.197. The third-order valence-corrected chi connectivity index (χ3v) is 3.41. The smallest absolute Gasteiger partial charge is 0.277 e. The summed E-state index contributed by atoms with van der Waals surface area (Å²) in [6.07, 6.45) is 1.33. The molecule has 4 nitrogen and oxygen atoms in total. The molecule has 0 bridgehead atoms. The Hall–Kier alpha value is -2.11. The van der Waals surface area contributed by atoms with E-state index in [4.69, 9.17) is 27.9 Å². The van der Waals surface area contributed by atoms with Crippen molar-refractivity contribution in [1.29, 1.82) is 0 Å². The first kappa shape index (κ1) is 17.2. The number of rotatable bonds is 5. The lowest BCUT2D eigenvalue weighted by Crippen LogP contribution is -2.24. The number of hydrogen-bond acceptors (Lipinski definition) is 3. The number of aryl methyl sites for hydroxylation is 1. The summed E-state index contributed by atoms with van der Waals surface area (Å²) >= 11 is 11.7. The van der Waals surface area contributed by atoms with Gasteiger partial charge in [-0.2, -0.15) is 5.10 Å². The Kier molecular flexibility index (Phi) is 5.96. The maximum atomic E-state index is 12.9. The van der Waals surface area contributed by atoms with Gasteiger partial charge in [-0.1, -0.05) is 23.2 Å². The van der Waals surface area contributed by atoms with Crippen LogP contribution >= 0.6 is 23.2 Å². The summed E-state index contributed by atoms with van der Waals surface area (Å²) < 4.78 is 18.3. The van der Waals surface area contributed by atoms with Gasteiger partial charge in [0.2, 0.25) is 0 Å². The summed E-state index contributed by atoms with van der Waals surface area (Å²) in [4.78, 5) is 11.7. The van der Waals surface area contributed by atoms with Gasteiger partial charge in [0.25, 0.3) is 5.91 Å². The van der Waals surface area contributed by atoms with Crippen LogP contribution in [0.1, 0.15) is 11.1 Å². The quantitative estimate of drug-likeness (QED) is 0.652. The number of hydrogen-bond donors (Lipinski definition) is 1. The minimum Gasteiger partial charge on any atom is -0.483 e. The SMILES string of the molecule is Cc1cc(Cl)ccc1OCC(=O)N/N=C/c1ccc(F)cc1Cl. The number of ether oxygens (including phenoxy) is 1. The van der Waals surface area contributed by atoms with E-state index in [0.29, 0.717) is 16.3 Å². The molecule has 0 spiro atoms. The van der Waals surface area contributed by atoms with E-state index < -0.39 is 11.7 Å². The van der Waals surface area contributed by atoms with E-state index in [1.54, 1.807) is 18.2 Å². The van der Waals surface area contributed by atoms with E-state index in [0.717, 1.165) is 11.6 Å². The van der Waals surface area contributed by atoms with Gasteiger partial charge in [-0.05, 0) is 48.9 Å². The number of nitrogens with one attached hydrogen (secondary N) is 1. The first-order chi connectivity index (χ1) is 11.0. The Balaban J connectivity index is 1.86. The predicted molar refractivity (Wildman–Crippen MR) is 88.8 cm³/mol. The lowest BCUT2D eigenvalue weighted by molar-refractivity contribution is -0.123. The Bertz CT molecular complexity index is 751. The molecule has 1 N–H and O–H groups in total. The molecule has 2 aromatic carbocycles. The molecule has 2 aromatic rings. The van der Waals surface area contributed by atoms with Crippen LogP contribution in [-0.4, -0.2) is 18.7 Å². The van der Waals surface area contributed by atoms with Crippen molar-refractivity contribution in [2.75, 3.05) is 6.61 Å². The summed E-state index contributed by atoms with van der Waals surface area (Å²) in [6, 6.07) is 8.98. The standard InChI is InChI=1S/C16H13Cl2FN2O2/c1-10-6-12(17)3-5-15(10)23-9-16(22)21-20-8-11-2-4-13(19)7-14(11)18/h2-8H,9H2,1H3,(H,21,22)/b20-8+. The van der Waals surface area contributed by atoms with E-state index in [-0.39, 0.29) is 11.6 Å². The molecule has 0 aliphatic heterocycles. The fourth-order valence-corrected chi connectivity index (χ4v) is 2.17. The number of amides is 1. The fraction of sp³-hybridized carbons (Fsp3) is 0.125. The van der Waals surface area contributed by atoms with Crippen molar-refractivity contribution < 1.29 is 13.9 Å². The number of carbonyl (C=O) groups is 1. The molecule has 0 unspecified atom stereocenters. The van der Waals surface area contributed by atoms with Gasteiger partial charge in [-0.25, -0.2) is 9.82 Å². The second-order valence-corrected chi connectivity index (χ2v) is 5.50. The molecule has 120 valence electrons. The molecule has 0 fully saturated rings. The van der Waals surface area contributed by atoms with Crippen molar-refractivity contribution in [1.82, 2.24) is 5.43 Å². The normalized spacial score (nSPS) is 10.8. The zero-order valence-electron chi connectivity index (χ0n) is 12.1. The maximum Gasteiger partial charge on any atom is 0.277 e. The molecule has 0 saturated heterocycles. The molecule has 1 amide bonds. The second-order valence-electron chi connectivity index (χ2n) is 4.66. The van der Waals surface area contributed by atoms with Crippen LogP contribution in [0.3, 0.4) is 0 Å². The molecule has 0 atom stereocenters. The Morgan fingerprint density at radius 1 is 1.30 bits per heavy atom. The third-order valence-electron chi connectivity index (χ3n) is 2.85. The topological polar surface area (TPSA) is 50.7 Å². The lowest BCUT2D eigenvalue weighted by Gasteiger charge is -2.08. The van der Waals surface area contributed by atoms with Gasteiger partial charge in [-0.15, -0.1) is 0 Å². The molecule has 0 saturated carbocycles. The highest BCUT2D eigenvalue weighted by molar-refractivity contribution is 6.33. The van der Waals surface area contributed by atoms with E-state index in [1.165, 1.54) is 18.3 Å². The fourth-order valence-electron chi connectivity index (χ4n) is 1.73. The largest absolute Gasteiger partial charge is 0.483 e. The van der Waals surface area contributed by atoms with Crippen LogP contribution in [0.2, 0.25) is 10.0 Å². The molecule has 7 heteroatoms. The molecular formula is C16H13Cl2FN2O2. The number of benzene rings is 2. The van der Waals surface area contributed by atoms with Crippen molar-refractivity contribution >= 4 is 35.3 Å². The van der Waals surface area contributed by atoms with E-state index in [9.17, 15) is 9.18 Å². The van der Waals surface area contributed by atoms with Crippen LogP contribution in [0.15, 0.2) is 41.5 Å². The molecule has 23 heavy (non-hydrogen) atoms. The summed E-state index contributed by atoms with van der Waals surface area (Å²) in [7, 11) is 0. The Morgan fingerprint density at radius 3 is 2.78 bits per heavy atom. The molecule has 0 aromatic heterocycles. The van der Waals surface area contributed by atoms with Crippen molar-refractivity contribution in [2.24, 2.45) is 5.10 Å². The van der Waals surface area contributed by atoms with Gasteiger partial charge in [0.15, 0.2) is 6.61 Å². The highest BCUT2D eigenvalue weighted by atomic mass is 35.5. The summed E-state index contributed by atoms with van der Waals surface area (Å²) in [6.45, 7) is 1.63. The number of carbonyl (C=O) groups excluding carboxylic acids is 1. The van der Waals surface area contributed by atoms with Crippen LogP contribution < -0.4 is 10.2 Å². The van der Waals surface area contributed by atoms with Crippen LogP contribution in [-0.2, 0) is 4.79 Å². The molecule has 0 radical (unpaired) electrons. The summed E-state index contributed by atoms with van der Waals surface area (Å²) in [5.41, 5.74) is 3.62. The van der Waals surface area contributed by atoms with Crippen molar-refractivity contribution in [3.63, 3.8) is 0 Å². The van der Waals surface area contributed by atoms with Crippen molar-refractivity contribution in [3.05, 3.63) is 63.4 Å². The molecule has 0 aliphatic rings. The van der Waals surface area contributed by atoms with Crippen LogP contribution in [0, 0.1) is 12.7 Å². The molecule has 0 aliphatic carbocycles. The van der Waals surface area contributed by atoms with E-state index in [1.807, 2.05) is 6.92 Å². The van der Waals surface area contributed by atoms with Gasteiger partial charge in [0, 0.05) is 10.6 Å². The highest BCUT2D eigenvalue weighted by Gasteiger charge is 2.05. The third kappa shape index (κ3) is 5.23. The van der Waals surface area contributed by atoms with Gasteiger partial charge in [0.1, 0.15) is 11.6 Å². The lowest BCUT2D eigenvalue weighted by atomic mass is 10.2. The summed E-state index contributed by atoms with van der Waals surface area (Å²) in [5, 5.41) is 4.55. The Labute approximate surface area is 142 Å². The van der Waals surface area contributed by atoms with Gasteiger partial charge in [-0.3, -0.25) is 4.79 Å². The van der Waals surface area contributed by atoms with Gasteiger partial charge in [0.05, 0.1) is 11.2 Å². The highest BCUT2D eigenvalue weighted by Crippen LogP contribution is 2.21. The predicted octanol–water partition coefficient (Wildman–Crippen LogP) is 3.97. The molecular weight excluding hydrogens is 342 g/mol. The van der Waals surface area contributed by atoms with Crippen LogP contribution in [0.4, 0.5) is 4.39 Å². The first-order valence-electron chi connectivity index (χ1n) is 6.61. The Morgan fingerprint density at radius 2 is 2.09 bits per heavy atom. The molecule has 2 rings (SSSR count). The maximum absolute atomic E-state index is 12.9. The number of hydrazone groups is 1. The second kappa shape index (κ2) is 7.94. The van der Waals surface area contributed by atoms with Crippen molar-refractivity contribution in [2.45, 2.75) is 6.92 Å². The van der Waals surface area contributed by atoms with Gasteiger partial charge >= 0.3 is 0 Å². The number of nitrogens with zero attached hydrogens (tertiary/aromatic N) is 1. The van der Waals surface area contributed by atoms with E-state index in [2.05, 4.69) is 10.5 Å². The zero-order chi connectivity index (χ0) is 16.8. The van der Waals surface area contributed by atoms with E-state index >= 15 is 0 Å². The van der Waals surface area contributed by atoms with Crippen LogP contribution in [0.25, 0.3) is 0 Å². The zero-order valence-corrected chi connectivity index (χ0v) is 13.7.